The van der Waals surface area contributed by atoms with Gasteiger partial charge in [-0.25, -0.2) is 9.78 Å². The summed E-state index contributed by atoms with van der Waals surface area (Å²) in [5, 5.41) is 34.1. The number of hydrogen-bond acceptors (Lipinski definition) is 9. The average Bonchev–Trinajstić information content (AvgIpc) is 3.30. The summed E-state index contributed by atoms with van der Waals surface area (Å²) in [5.41, 5.74) is 6.38. The van der Waals surface area contributed by atoms with Crippen molar-refractivity contribution in [1.29, 1.82) is 0 Å². The summed E-state index contributed by atoms with van der Waals surface area (Å²) < 4.78 is 0. The van der Waals surface area contributed by atoms with Crippen molar-refractivity contribution >= 4 is 47.4 Å². The molecule has 1 rings (SSSR count). The Morgan fingerprint density at radius 3 is 2.08 bits per heavy atom. The predicted molar refractivity (Wildman–Crippen MR) is 126 cm³/mol. The Kier molecular flexibility index (Phi) is 13.0. The van der Waals surface area contributed by atoms with Crippen LogP contribution in [0.3, 0.4) is 0 Å². The van der Waals surface area contributed by atoms with Crippen LogP contribution in [0.4, 0.5) is 0 Å². The lowest BCUT2D eigenvalue weighted by Gasteiger charge is -2.24. The van der Waals surface area contributed by atoms with Crippen molar-refractivity contribution in [2.24, 2.45) is 5.73 Å². The van der Waals surface area contributed by atoms with Crippen LogP contribution in [-0.4, -0.2) is 97.1 Å². The number of hydrogen-bond donors (Lipinski definition) is 8. The van der Waals surface area contributed by atoms with Crippen LogP contribution in [0.5, 0.6) is 0 Å². The minimum absolute atomic E-state index is 0.0375. The molecule has 16 heteroatoms. The molecule has 1 aromatic rings. The fourth-order valence-electron chi connectivity index (χ4n) is 2.96. The molecular weight excluding hydrogens is 500 g/mol. The number of thioether (sulfide) groups is 1. The molecule has 0 bridgehead atoms. The number of carboxylic acid groups (broad SMARTS) is 3. The van der Waals surface area contributed by atoms with Gasteiger partial charge in [-0.1, -0.05) is 0 Å². The van der Waals surface area contributed by atoms with Crippen LogP contribution < -0.4 is 21.7 Å². The van der Waals surface area contributed by atoms with Gasteiger partial charge in [-0.2, -0.15) is 11.8 Å². The molecule has 0 aliphatic heterocycles. The largest absolute Gasteiger partial charge is 0.481 e. The molecule has 0 aliphatic rings. The highest BCUT2D eigenvalue weighted by Crippen LogP contribution is 2.06. The Balaban J connectivity index is 2.97. The Morgan fingerprint density at radius 1 is 0.944 bits per heavy atom. The van der Waals surface area contributed by atoms with E-state index in [-0.39, 0.29) is 19.3 Å². The van der Waals surface area contributed by atoms with E-state index in [0.29, 0.717) is 11.4 Å². The molecule has 36 heavy (non-hydrogen) atoms. The van der Waals surface area contributed by atoms with E-state index in [2.05, 4.69) is 25.9 Å². The molecule has 0 radical (unpaired) electrons. The van der Waals surface area contributed by atoms with E-state index < -0.39 is 72.6 Å². The quantitative estimate of drug-likeness (QED) is 0.108. The van der Waals surface area contributed by atoms with E-state index in [0.717, 1.165) is 0 Å². The zero-order valence-corrected chi connectivity index (χ0v) is 20.2. The molecule has 0 aromatic carbocycles. The molecule has 0 spiro atoms. The highest BCUT2D eigenvalue weighted by molar-refractivity contribution is 7.98. The number of imidazole rings is 1. The van der Waals surface area contributed by atoms with Gasteiger partial charge in [-0.3, -0.25) is 24.0 Å². The number of aromatic nitrogens is 2. The first-order chi connectivity index (χ1) is 16.9. The van der Waals surface area contributed by atoms with Gasteiger partial charge in [0.25, 0.3) is 0 Å². The van der Waals surface area contributed by atoms with Gasteiger partial charge in [0.1, 0.15) is 18.1 Å². The van der Waals surface area contributed by atoms with E-state index >= 15 is 0 Å². The Bertz CT molecular complexity index is 927. The van der Waals surface area contributed by atoms with Crippen molar-refractivity contribution in [1.82, 2.24) is 25.9 Å². The molecule has 9 N–H and O–H groups in total. The van der Waals surface area contributed by atoms with Gasteiger partial charge in [0.05, 0.1) is 18.8 Å². The zero-order chi connectivity index (χ0) is 27.3. The molecule has 200 valence electrons. The lowest BCUT2D eigenvalue weighted by molar-refractivity contribution is -0.143. The van der Waals surface area contributed by atoms with Crippen LogP contribution in [0.1, 0.15) is 31.4 Å². The average molecular weight is 531 g/mol. The summed E-state index contributed by atoms with van der Waals surface area (Å²) in [6, 6.07) is -5.59. The number of aromatic amines is 1. The van der Waals surface area contributed by atoms with Crippen LogP contribution in [0.15, 0.2) is 12.5 Å². The topological polar surface area (TPSA) is 254 Å². The fourth-order valence-corrected chi connectivity index (χ4v) is 3.43. The number of carbonyl (C=O) groups is 6. The van der Waals surface area contributed by atoms with Gasteiger partial charge >= 0.3 is 17.9 Å². The van der Waals surface area contributed by atoms with Gasteiger partial charge < -0.3 is 42.0 Å². The maximum Gasteiger partial charge on any atom is 0.326 e. The third-order valence-electron chi connectivity index (χ3n) is 4.85. The predicted octanol–water partition coefficient (Wildman–Crippen LogP) is -2.09. The van der Waals surface area contributed by atoms with Gasteiger partial charge in [0.15, 0.2) is 0 Å². The van der Waals surface area contributed by atoms with Gasteiger partial charge in [-0.15, -0.1) is 0 Å². The van der Waals surface area contributed by atoms with Crippen molar-refractivity contribution in [3.05, 3.63) is 18.2 Å². The molecule has 3 amide bonds. The number of rotatable bonds is 17. The monoisotopic (exact) mass is 530 g/mol. The number of nitrogens with two attached hydrogens (primary N) is 1. The van der Waals surface area contributed by atoms with Gasteiger partial charge in [0.2, 0.25) is 17.7 Å². The molecular formula is C20H30N6O9S. The van der Waals surface area contributed by atoms with E-state index in [1.807, 2.05) is 0 Å². The van der Waals surface area contributed by atoms with Gasteiger partial charge in [-0.05, 0) is 24.9 Å². The smallest absolute Gasteiger partial charge is 0.326 e. The molecule has 15 nitrogen and oxygen atoms in total. The number of aliphatic carboxylic acids is 3. The van der Waals surface area contributed by atoms with Gasteiger partial charge in [0, 0.05) is 24.7 Å². The Hall–Kier alpha value is -3.66. The Morgan fingerprint density at radius 2 is 1.56 bits per heavy atom. The van der Waals surface area contributed by atoms with E-state index in [1.54, 1.807) is 6.26 Å². The molecule has 1 aromatic heterocycles. The van der Waals surface area contributed by atoms with E-state index in [9.17, 15) is 33.9 Å². The zero-order valence-electron chi connectivity index (χ0n) is 19.4. The van der Waals surface area contributed by atoms with E-state index in [1.165, 1.54) is 24.3 Å². The van der Waals surface area contributed by atoms with Crippen LogP contribution in [0, 0.1) is 0 Å². The second-order valence-electron chi connectivity index (χ2n) is 7.72. The number of carboxylic acids is 3. The molecule has 4 atom stereocenters. The van der Waals surface area contributed by atoms with Crippen molar-refractivity contribution in [3.8, 4) is 0 Å². The van der Waals surface area contributed by atoms with Crippen LogP contribution in [0.2, 0.25) is 0 Å². The third-order valence-corrected chi connectivity index (χ3v) is 5.49. The maximum atomic E-state index is 12.9. The van der Waals surface area contributed by atoms with Crippen LogP contribution >= 0.6 is 11.8 Å². The normalized spacial score (nSPS) is 14.1. The van der Waals surface area contributed by atoms with Crippen molar-refractivity contribution in [2.45, 2.75) is 56.3 Å². The molecule has 0 saturated heterocycles. The second-order valence-corrected chi connectivity index (χ2v) is 8.71. The van der Waals surface area contributed by atoms with Crippen molar-refractivity contribution in [2.75, 3.05) is 12.0 Å². The lowest BCUT2D eigenvalue weighted by atomic mass is 10.1. The summed E-state index contributed by atoms with van der Waals surface area (Å²) in [6.45, 7) is 0. The molecule has 0 aliphatic carbocycles. The highest BCUT2D eigenvalue weighted by atomic mass is 32.2. The number of nitrogens with one attached hydrogen (secondary N) is 4. The third kappa shape index (κ3) is 11.2. The van der Waals surface area contributed by atoms with E-state index in [4.69, 9.17) is 15.9 Å². The molecule has 1 heterocycles. The minimum atomic E-state index is -1.69. The molecule has 0 fully saturated rings. The number of H-pyrrole nitrogens is 1. The van der Waals surface area contributed by atoms with Crippen molar-refractivity contribution in [3.63, 3.8) is 0 Å². The first-order valence-corrected chi connectivity index (χ1v) is 12.1. The highest BCUT2D eigenvalue weighted by Gasteiger charge is 2.31. The standard InChI is InChI=1S/C20H30N6O9S/c1-36-5-4-13(20(34)35)25-19(33)14(7-16(29)30)26-18(32)12(2-3-15(27)28)24-17(31)11(21)6-10-8-22-9-23-10/h8-9,11-14H,2-7,21H2,1H3,(H,22,23)(H,24,31)(H,25,33)(H,26,32)(H,27,28)(H,29,30)(H,34,35). The number of amides is 3. The Labute approximate surface area is 210 Å². The summed E-state index contributed by atoms with van der Waals surface area (Å²) in [7, 11) is 0. The second kappa shape index (κ2) is 15.4. The minimum Gasteiger partial charge on any atom is -0.481 e. The first kappa shape index (κ1) is 30.4. The SMILES string of the molecule is CSCCC(NC(=O)C(CC(=O)O)NC(=O)C(CCC(=O)O)NC(=O)C(N)Cc1cnc[nH]1)C(=O)O. The van der Waals surface area contributed by atoms with Crippen LogP contribution in [-0.2, 0) is 35.2 Å². The number of carbonyl (C=O) groups excluding carboxylic acids is 3. The van der Waals surface area contributed by atoms with Crippen LogP contribution in [0.25, 0.3) is 0 Å². The summed E-state index contributed by atoms with van der Waals surface area (Å²) in [5.74, 6) is -6.54. The fraction of sp³-hybridized carbons (Fsp3) is 0.550. The lowest BCUT2D eigenvalue weighted by Crippen LogP contribution is -2.57. The summed E-state index contributed by atoms with van der Waals surface area (Å²) in [4.78, 5) is 78.2. The first-order valence-electron chi connectivity index (χ1n) is 10.7. The molecule has 0 saturated carbocycles. The van der Waals surface area contributed by atoms with Crippen molar-refractivity contribution < 1.29 is 44.1 Å². The summed E-state index contributed by atoms with van der Waals surface area (Å²) >= 11 is 1.34. The molecule has 4 unspecified atom stereocenters. The summed E-state index contributed by atoms with van der Waals surface area (Å²) in [6.07, 6.45) is 2.87. The maximum absolute atomic E-state index is 12.9. The number of nitrogens with zero attached hydrogens (tertiary/aromatic N) is 1.